The van der Waals surface area contributed by atoms with Crippen molar-refractivity contribution in [2.24, 2.45) is 0 Å². The van der Waals surface area contributed by atoms with Crippen molar-refractivity contribution in [3.05, 3.63) is 11.5 Å². The van der Waals surface area contributed by atoms with Gasteiger partial charge >= 0.3 is 0 Å². The molecule has 0 N–H and O–H groups in total. The molecule has 1 saturated heterocycles. The highest BCUT2D eigenvalue weighted by atomic mass is 32.2. The second kappa shape index (κ2) is 3.66. The van der Waals surface area contributed by atoms with E-state index < -0.39 is 9.84 Å². The monoisotopic (exact) mass is 215 g/mol. The molecule has 2 rings (SSSR count). The van der Waals surface area contributed by atoms with Gasteiger partial charge in [0.05, 0.1) is 5.75 Å². The van der Waals surface area contributed by atoms with Gasteiger partial charge in [0, 0.05) is 17.5 Å². The average Bonchev–Trinajstić information content (AvgIpc) is 2.47. The third-order valence-electron chi connectivity index (χ3n) is 3.19. The minimum absolute atomic E-state index is 0.135. The van der Waals surface area contributed by atoms with Crippen LogP contribution in [0.5, 0.6) is 0 Å². The van der Waals surface area contributed by atoms with Crippen molar-refractivity contribution in [3.63, 3.8) is 0 Å². The van der Waals surface area contributed by atoms with Crippen molar-refractivity contribution in [2.75, 3.05) is 12.3 Å². The lowest BCUT2D eigenvalue weighted by atomic mass is 10.0. The summed E-state index contributed by atoms with van der Waals surface area (Å²) < 4.78 is 22.6. The lowest BCUT2D eigenvalue weighted by molar-refractivity contribution is 0.139. The Hall–Kier alpha value is -0.350. The van der Waals surface area contributed by atoms with E-state index in [9.17, 15) is 8.42 Å². The van der Waals surface area contributed by atoms with Gasteiger partial charge < -0.3 is 0 Å². The van der Waals surface area contributed by atoms with Crippen LogP contribution in [0.4, 0.5) is 0 Å². The lowest BCUT2D eigenvalue weighted by Crippen LogP contribution is -2.45. The van der Waals surface area contributed by atoms with Gasteiger partial charge in [0.2, 0.25) is 0 Å². The average molecular weight is 215 g/mol. The SMILES string of the molecule is CC1CCCCN1C1C=CS(=O)(=O)C1. The van der Waals surface area contributed by atoms with Crippen LogP contribution >= 0.6 is 0 Å². The van der Waals surface area contributed by atoms with E-state index in [2.05, 4.69) is 11.8 Å². The van der Waals surface area contributed by atoms with Gasteiger partial charge in [-0.25, -0.2) is 8.42 Å². The molecule has 1 fully saturated rings. The number of nitrogens with zero attached hydrogens (tertiary/aromatic N) is 1. The molecule has 2 aliphatic heterocycles. The van der Waals surface area contributed by atoms with Gasteiger partial charge in [0.1, 0.15) is 0 Å². The third-order valence-corrected chi connectivity index (χ3v) is 4.57. The zero-order valence-electron chi connectivity index (χ0n) is 8.52. The molecule has 0 aromatic heterocycles. The van der Waals surface area contributed by atoms with Gasteiger partial charge in [0.15, 0.2) is 9.84 Å². The van der Waals surface area contributed by atoms with Crippen LogP contribution in [-0.4, -0.2) is 37.7 Å². The van der Waals surface area contributed by atoms with Crippen LogP contribution in [0.25, 0.3) is 0 Å². The topological polar surface area (TPSA) is 37.4 Å². The molecule has 4 heteroatoms. The maximum Gasteiger partial charge on any atom is 0.173 e. The van der Waals surface area contributed by atoms with Crippen LogP contribution in [0.15, 0.2) is 11.5 Å². The highest BCUT2D eigenvalue weighted by Crippen LogP contribution is 2.23. The third kappa shape index (κ3) is 2.01. The second-order valence-corrected chi connectivity index (χ2v) is 6.24. The normalized spacial score (nSPS) is 37.5. The van der Waals surface area contributed by atoms with Crippen LogP contribution in [0, 0.1) is 0 Å². The Kier molecular flexibility index (Phi) is 2.66. The van der Waals surface area contributed by atoms with E-state index in [1.165, 1.54) is 24.7 Å². The van der Waals surface area contributed by atoms with Crippen molar-refractivity contribution >= 4 is 9.84 Å². The summed E-state index contributed by atoms with van der Waals surface area (Å²) in [6, 6.07) is 0.669. The molecule has 2 aliphatic rings. The quantitative estimate of drug-likeness (QED) is 0.659. The second-order valence-electron chi connectivity index (χ2n) is 4.31. The highest BCUT2D eigenvalue weighted by molar-refractivity contribution is 7.94. The first-order chi connectivity index (χ1) is 6.58. The van der Waals surface area contributed by atoms with Crippen molar-refractivity contribution in [1.29, 1.82) is 0 Å². The van der Waals surface area contributed by atoms with E-state index in [1.54, 1.807) is 0 Å². The summed E-state index contributed by atoms with van der Waals surface area (Å²) in [5.74, 6) is 0.289. The summed E-state index contributed by atoms with van der Waals surface area (Å²) in [4.78, 5) is 2.32. The molecule has 0 spiro atoms. The summed E-state index contributed by atoms with van der Waals surface area (Å²) in [5.41, 5.74) is 0. The molecule has 2 heterocycles. The van der Waals surface area contributed by atoms with Gasteiger partial charge in [-0.2, -0.15) is 0 Å². The number of hydrogen-bond donors (Lipinski definition) is 0. The van der Waals surface area contributed by atoms with Crippen molar-refractivity contribution in [3.8, 4) is 0 Å². The summed E-state index contributed by atoms with van der Waals surface area (Å²) >= 11 is 0. The molecule has 0 aromatic carbocycles. The van der Waals surface area contributed by atoms with Crippen LogP contribution in [0.1, 0.15) is 26.2 Å². The van der Waals surface area contributed by atoms with Crippen LogP contribution in [-0.2, 0) is 9.84 Å². The predicted octanol–water partition coefficient (Wildman–Crippen LogP) is 1.17. The molecule has 3 nitrogen and oxygen atoms in total. The molecule has 2 unspecified atom stereocenters. The van der Waals surface area contributed by atoms with E-state index in [0.29, 0.717) is 6.04 Å². The number of likely N-dealkylation sites (tertiary alicyclic amines) is 1. The number of hydrogen-bond acceptors (Lipinski definition) is 3. The summed E-state index contributed by atoms with van der Waals surface area (Å²) in [7, 11) is -2.89. The first-order valence-electron chi connectivity index (χ1n) is 5.25. The summed E-state index contributed by atoms with van der Waals surface area (Å²) in [6.07, 6.45) is 5.52. The molecule has 2 atom stereocenters. The van der Waals surface area contributed by atoms with Crippen LogP contribution < -0.4 is 0 Å². The fraction of sp³-hybridized carbons (Fsp3) is 0.800. The largest absolute Gasteiger partial charge is 0.293 e. The van der Waals surface area contributed by atoms with Gasteiger partial charge in [-0.3, -0.25) is 4.90 Å². The van der Waals surface area contributed by atoms with Crippen molar-refractivity contribution in [2.45, 2.75) is 38.3 Å². The Morgan fingerprint density at radius 2 is 2.14 bits per heavy atom. The number of rotatable bonds is 1. The first-order valence-corrected chi connectivity index (χ1v) is 6.97. The Bertz CT molecular complexity index is 334. The molecule has 80 valence electrons. The Balaban J connectivity index is 2.06. The molecule has 14 heavy (non-hydrogen) atoms. The van der Waals surface area contributed by atoms with Crippen molar-refractivity contribution in [1.82, 2.24) is 4.90 Å². The highest BCUT2D eigenvalue weighted by Gasteiger charge is 2.30. The summed E-state index contributed by atoms with van der Waals surface area (Å²) in [6.45, 7) is 3.24. The number of piperidine rings is 1. The Morgan fingerprint density at radius 3 is 2.71 bits per heavy atom. The van der Waals surface area contributed by atoms with Gasteiger partial charge in [-0.05, 0) is 26.3 Å². The lowest BCUT2D eigenvalue weighted by Gasteiger charge is -2.36. The number of sulfone groups is 1. The van der Waals surface area contributed by atoms with E-state index in [-0.39, 0.29) is 11.8 Å². The molecular weight excluding hydrogens is 198 g/mol. The molecular formula is C10H17NO2S. The fourth-order valence-electron chi connectivity index (χ4n) is 2.38. The fourth-order valence-corrected chi connectivity index (χ4v) is 3.69. The smallest absolute Gasteiger partial charge is 0.173 e. The standard InChI is InChI=1S/C10H17NO2S/c1-9-4-2-3-6-11(9)10-5-7-14(12,13)8-10/h5,7,9-10H,2-4,6,8H2,1H3. The maximum absolute atomic E-state index is 11.3. The van der Waals surface area contributed by atoms with Gasteiger partial charge in [0.25, 0.3) is 0 Å². The van der Waals surface area contributed by atoms with Crippen LogP contribution in [0.2, 0.25) is 0 Å². The zero-order chi connectivity index (χ0) is 10.2. The Morgan fingerprint density at radius 1 is 1.36 bits per heavy atom. The molecule has 0 radical (unpaired) electrons. The molecule has 0 saturated carbocycles. The van der Waals surface area contributed by atoms with Crippen molar-refractivity contribution < 1.29 is 8.42 Å². The maximum atomic E-state index is 11.3. The van der Waals surface area contributed by atoms with Crippen LogP contribution in [0.3, 0.4) is 0 Å². The molecule has 0 bridgehead atoms. The van der Waals surface area contributed by atoms with Gasteiger partial charge in [-0.1, -0.05) is 12.5 Å². The van der Waals surface area contributed by atoms with Gasteiger partial charge in [-0.15, -0.1) is 0 Å². The molecule has 0 amide bonds. The van der Waals surface area contributed by atoms with E-state index in [1.807, 2.05) is 6.08 Å². The first kappa shape index (κ1) is 10.2. The van der Waals surface area contributed by atoms with E-state index in [0.717, 1.165) is 6.54 Å². The van der Waals surface area contributed by atoms with E-state index in [4.69, 9.17) is 0 Å². The minimum Gasteiger partial charge on any atom is -0.293 e. The Labute approximate surface area is 85.7 Å². The zero-order valence-corrected chi connectivity index (χ0v) is 9.33. The molecule has 0 aromatic rings. The van der Waals surface area contributed by atoms with E-state index >= 15 is 0 Å². The minimum atomic E-state index is -2.89. The molecule has 0 aliphatic carbocycles. The summed E-state index contributed by atoms with van der Waals surface area (Å²) in [5, 5.41) is 1.37. The predicted molar refractivity (Wildman–Crippen MR) is 56.7 cm³/mol.